The first-order valence-electron chi connectivity index (χ1n) is 5.77. The number of carbonyl (C=O) groups is 1. The van der Waals surface area contributed by atoms with Gasteiger partial charge >= 0.3 is 0 Å². The molecule has 1 aliphatic heterocycles. The lowest BCUT2D eigenvalue weighted by molar-refractivity contribution is 0.0915. The Morgan fingerprint density at radius 1 is 1.12 bits per heavy atom. The molecule has 0 amide bonds. The van der Waals surface area contributed by atoms with Crippen LogP contribution in [0.15, 0.2) is 24.3 Å². The van der Waals surface area contributed by atoms with Crippen LogP contribution in [0.5, 0.6) is 0 Å². The Labute approximate surface area is 101 Å². The van der Waals surface area contributed by atoms with Crippen molar-refractivity contribution >= 4 is 17.4 Å². The van der Waals surface area contributed by atoms with Gasteiger partial charge in [0.25, 0.3) is 0 Å². The fourth-order valence-electron chi connectivity index (χ4n) is 2.05. The van der Waals surface area contributed by atoms with Crippen molar-refractivity contribution < 1.29 is 4.79 Å². The monoisotopic (exact) mass is 237 g/mol. The summed E-state index contributed by atoms with van der Waals surface area (Å²) in [5.74, 6) is 0.193. The van der Waals surface area contributed by atoms with E-state index in [2.05, 4.69) is 4.90 Å². The first-order valence-corrected chi connectivity index (χ1v) is 6.14. The third-order valence-electron chi connectivity index (χ3n) is 2.98. The Bertz CT molecular complexity index is 355. The van der Waals surface area contributed by atoms with Crippen LogP contribution in [0.25, 0.3) is 0 Å². The van der Waals surface area contributed by atoms with Crippen LogP contribution in [-0.2, 0) is 0 Å². The van der Waals surface area contributed by atoms with E-state index in [0.717, 1.165) is 18.7 Å². The Kier molecular flexibility index (Phi) is 3.97. The highest BCUT2D eigenvalue weighted by Gasteiger charge is 2.14. The molecule has 0 radical (unpaired) electrons. The predicted octanol–water partition coefficient (Wildman–Crippen LogP) is 3.01. The van der Waals surface area contributed by atoms with Gasteiger partial charge in [-0.05, 0) is 50.2 Å². The molecule has 1 heterocycles. The standard InChI is InChI=1S/C13H16ClNO/c14-12-6-4-11(5-7-12)13(16)10-15-8-2-1-3-9-15/h4-7H,1-3,8-10H2. The Balaban J connectivity index is 1.94. The van der Waals surface area contributed by atoms with Gasteiger partial charge in [0.15, 0.2) is 5.78 Å². The third kappa shape index (κ3) is 3.06. The van der Waals surface area contributed by atoms with Crippen LogP contribution in [0.2, 0.25) is 5.02 Å². The summed E-state index contributed by atoms with van der Waals surface area (Å²) < 4.78 is 0. The summed E-state index contributed by atoms with van der Waals surface area (Å²) in [6, 6.07) is 7.14. The van der Waals surface area contributed by atoms with Gasteiger partial charge in [-0.3, -0.25) is 9.69 Å². The molecule has 1 aromatic rings. The van der Waals surface area contributed by atoms with E-state index in [1.165, 1.54) is 19.3 Å². The number of Topliss-reactive ketones (excluding diaryl/α,β-unsaturated/α-hetero) is 1. The molecule has 2 rings (SSSR count). The van der Waals surface area contributed by atoms with Crippen molar-refractivity contribution in [3.63, 3.8) is 0 Å². The molecule has 0 bridgehead atoms. The van der Waals surface area contributed by atoms with E-state index in [1.807, 2.05) is 0 Å². The highest BCUT2D eigenvalue weighted by molar-refractivity contribution is 6.30. The van der Waals surface area contributed by atoms with E-state index >= 15 is 0 Å². The van der Waals surface area contributed by atoms with Crippen LogP contribution in [0.3, 0.4) is 0 Å². The van der Waals surface area contributed by atoms with E-state index < -0.39 is 0 Å². The number of ketones is 1. The number of piperidine rings is 1. The average molecular weight is 238 g/mol. The molecule has 0 N–H and O–H groups in total. The van der Waals surface area contributed by atoms with Gasteiger partial charge in [-0.15, -0.1) is 0 Å². The van der Waals surface area contributed by atoms with Crippen LogP contribution < -0.4 is 0 Å². The number of benzene rings is 1. The van der Waals surface area contributed by atoms with Crippen molar-refractivity contribution in [3.05, 3.63) is 34.9 Å². The number of hydrogen-bond donors (Lipinski definition) is 0. The first kappa shape index (κ1) is 11.6. The Hall–Kier alpha value is -0.860. The van der Waals surface area contributed by atoms with E-state index in [4.69, 9.17) is 11.6 Å². The van der Waals surface area contributed by atoms with Gasteiger partial charge in [0.2, 0.25) is 0 Å². The number of likely N-dealkylation sites (tertiary alicyclic amines) is 1. The molecule has 0 aliphatic carbocycles. The number of nitrogens with zero attached hydrogens (tertiary/aromatic N) is 1. The fourth-order valence-corrected chi connectivity index (χ4v) is 2.17. The van der Waals surface area contributed by atoms with Crippen LogP contribution >= 0.6 is 11.6 Å². The maximum absolute atomic E-state index is 11.9. The quantitative estimate of drug-likeness (QED) is 0.754. The van der Waals surface area contributed by atoms with Crippen molar-refractivity contribution in [1.82, 2.24) is 4.90 Å². The zero-order valence-electron chi connectivity index (χ0n) is 9.29. The molecule has 1 aliphatic rings. The van der Waals surface area contributed by atoms with E-state index in [1.54, 1.807) is 24.3 Å². The van der Waals surface area contributed by atoms with Crippen LogP contribution in [-0.4, -0.2) is 30.3 Å². The van der Waals surface area contributed by atoms with Gasteiger partial charge in [-0.1, -0.05) is 18.0 Å². The molecule has 0 spiro atoms. The molecular weight excluding hydrogens is 222 g/mol. The van der Waals surface area contributed by atoms with Crippen molar-refractivity contribution in [2.75, 3.05) is 19.6 Å². The van der Waals surface area contributed by atoms with Crippen molar-refractivity contribution in [2.24, 2.45) is 0 Å². The number of carbonyl (C=O) groups excluding carboxylic acids is 1. The lowest BCUT2D eigenvalue weighted by atomic mass is 10.1. The summed E-state index contributed by atoms with van der Waals surface area (Å²) >= 11 is 5.79. The normalized spacial score (nSPS) is 17.3. The molecule has 16 heavy (non-hydrogen) atoms. The second-order valence-corrected chi connectivity index (χ2v) is 4.70. The Morgan fingerprint density at radius 2 is 1.75 bits per heavy atom. The molecule has 1 saturated heterocycles. The summed E-state index contributed by atoms with van der Waals surface area (Å²) in [7, 11) is 0. The summed E-state index contributed by atoms with van der Waals surface area (Å²) in [5.41, 5.74) is 0.759. The number of halogens is 1. The molecular formula is C13H16ClNO. The van der Waals surface area contributed by atoms with Gasteiger partial charge in [-0.25, -0.2) is 0 Å². The first-order chi connectivity index (χ1) is 7.75. The summed E-state index contributed by atoms with van der Waals surface area (Å²) in [6.45, 7) is 2.65. The molecule has 0 atom stereocenters. The van der Waals surface area contributed by atoms with E-state index in [9.17, 15) is 4.79 Å². The molecule has 1 aromatic carbocycles. The van der Waals surface area contributed by atoms with Crippen molar-refractivity contribution in [1.29, 1.82) is 0 Å². The maximum Gasteiger partial charge on any atom is 0.176 e. The smallest absolute Gasteiger partial charge is 0.176 e. The minimum absolute atomic E-state index is 0.193. The highest BCUT2D eigenvalue weighted by atomic mass is 35.5. The highest BCUT2D eigenvalue weighted by Crippen LogP contribution is 2.12. The average Bonchev–Trinajstić information content (AvgIpc) is 2.31. The summed E-state index contributed by atoms with van der Waals surface area (Å²) in [5, 5.41) is 0.675. The second-order valence-electron chi connectivity index (χ2n) is 4.27. The summed E-state index contributed by atoms with van der Waals surface area (Å²) in [6.07, 6.45) is 3.73. The van der Waals surface area contributed by atoms with Gasteiger partial charge in [0.1, 0.15) is 0 Å². The molecule has 0 saturated carbocycles. The molecule has 0 unspecified atom stereocenters. The lowest BCUT2D eigenvalue weighted by Crippen LogP contribution is -2.34. The largest absolute Gasteiger partial charge is 0.296 e. The molecule has 86 valence electrons. The topological polar surface area (TPSA) is 20.3 Å². The fraction of sp³-hybridized carbons (Fsp3) is 0.462. The van der Waals surface area contributed by atoms with E-state index in [-0.39, 0.29) is 5.78 Å². The number of rotatable bonds is 3. The van der Waals surface area contributed by atoms with E-state index in [0.29, 0.717) is 11.6 Å². The zero-order valence-corrected chi connectivity index (χ0v) is 10.0. The van der Waals surface area contributed by atoms with Crippen molar-refractivity contribution in [2.45, 2.75) is 19.3 Å². The predicted molar refractivity (Wildman–Crippen MR) is 66.1 cm³/mol. The van der Waals surface area contributed by atoms with Gasteiger partial charge in [0.05, 0.1) is 6.54 Å². The van der Waals surface area contributed by atoms with Crippen molar-refractivity contribution in [3.8, 4) is 0 Å². The van der Waals surface area contributed by atoms with Gasteiger partial charge < -0.3 is 0 Å². The minimum atomic E-state index is 0.193. The molecule has 0 aromatic heterocycles. The Morgan fingerprint density at radius 3 is 2.38 bits per heavy atom. The molecule has 2 nitrogen and oxygen atoms in total. The van der Waals surface area contributed by atoms with Gasteiger partial charge in [-0.2, -0.15) is 0 Å². The van der Waals surface area contributed by atoms with Crippen LogP contribution in [0, 0.1) is 0 Å². The lowest BCUT2D eigenvalue weighted by Gasteiger charge is -2.25. The summed E-state index contributed by atoms with van der Waals surface area (Å²) in [4.78, 5) is 14.2. The van der Waals surface area contributed by atoms with Gasteiger partial charge in [0, 0.05) is 10.6 Å². The maximum atomic E-state index is 11.9. The SMILES string of the molecule is O=C(CN1CCCCC1)c1ccc(Cl)cc1. The third-order valence-corrected chi connectivity index (χ3v) is 3.23. The molecule has 1 fully saturated rings. The number of hydrogen-bond acceptors (Lipinski definition) is 2. The van der Waals surface area contributed by atoms with Crippen LogP contribution in [0.1, 0.15) is 29.6 Å². The molecule has 3 heteroatoms. The minimum Gasteiger partial charge on any atom is -0.296 e. The zero-order chi connectivity index (χ0) is 11.4. The van der Waals surface area contributed by atoms with Crippen LogP contribution in [0.4, 0.5) is 0 Å². The second kappa shape index (κ2) is 5.46.